The van der Waals surface area contributed by atoms with Crippen LogP contribution in [0.15, 0.2) is 81.7 Å². The first-order valence-electron chi connectivity index (χ1n) is 12.9. The molecule has 2 atom stereocenters. The van der Waals surface area contributed by atoms with Crippen molar-refractivity contribution < 1.29 is 19.7 Å². The average Bonchev–Trinajstić information content (AvgIpc) is 2.94. The van der Waals surface area contributed by atoms with Crippen molar-refractivity contribution in [3.05, 3.63) is 81.7 Å². The van der Waals surface area contributed by atoms with Gasteiger partial charge in [0.25, 0.3) is 0 Å². The average molecular weight is 644 g/mol. The number of hydrogen-bond donors (Lipinski definition) is 2. The molecule has 0 saturated carbocycles. The molecular weight excluding hydrogens is 612 g/mol. The Labute approximate surface area is 240 Å². The predicted octanol–water partition coefficient (Wildman–Crippen LogP) is 5.32. The van der Waals surface area contributed by atoms with Crippen molar-refractivity contribution >= 4 is 53.4 Å². The molecule has 8 heteroatoms. The smallest absolute Gasteiger partial charge is 0.134 e. The number of β-amino-alcohol motifs (C(OH)–C–C–N with tert-alkyl or cyclic N) is 2. The molecule has 1 saturated heterocycles. The van der Waals surface area contributed by atoms with E-state index in [1.807, 2.05) is 60.7 Å². The maximum Gasteiger partial charge on any atom is 0.134 e. The number of fused-ring (bicyclic) bond motifs is 2. The molecule has 0 radical (unpaired) electrons. The summed E-state index contributed by atoms with van der Waals surface area (Å²) in [6.07, 6.45) is -1.17. The monoisotopic (exact) mass is 642 g/mol. The van der Waals surface area contributed by atoms with Crippen molar-refractivity contribution in [1.29, 1.82) is 0 Å². The molecule has 6 nitrogen and oxygen atoms in total. The summed E-state index contributed by atoms with van der Waals surface area (Å²) in [5, 5.41) is 25.6. The van der Waals surface area contributed by atoms with E-state index >= 15 is 0 Å². The van der Waals surface area contributed by atoms with Crippen molar-refractivity contribution in [2.75, 3.05) is 52.5 Å². The van der Waals surface area contributed by atoms with E-state index in [1.165, 1.54) is 0 Å². The minimum Gasteiger partial charge on any atom is -0.490 e. The van der Waals surface area contributed by atoms with Gasteiger partial charge in [-0.2, -0.15) is 0 Å². The van der Waals surface area contributed by atoms with E-state index in [2.05, 4.69) is 53.8 Å². The van der Waals surface area contributed by atoms with Gasteiger partial charge in [-0.3, -0.25) is 9.80 Å². The van der Waals surface area contributed by atoms with Gasteiger partial charge >= 0.3 is 0 Å². The van der Waals surface area contributed by atoms with Crippen LogP contribution in [-0.2, 0) is 0 Å². The lowest BCUT2D eigenvalue weighted by atomic mass is 10.1. The molecule has 1 aliphatic rings. The standard InChI is InChI=1S/C30H32Br2N2O4/c31-29-25-7-3-1-5-21(25)9-11-27(29)37-19-23(35)17-33-13-15-34(16-14-33)18-24(36)20-38-28-12-10-22-6-2-4-8-26(22)30(28)32/h1-12,23-24,35-36H,13-20H2/t23-,24+. The second kappa shape index (κ2) is 12.8. The number of aliphatic hydroxyl groups excluding tert-OH is 2. The van der Waals surface area contributed by atoms with Gasteiger partial charge in [-0.05, 0) is 65.5 Å². The third-order valence-corrected chi connectivity index (χ3v) is 8.56. The maximum absolute atomic E-state index is 10.6. The lowest BCUT2D eigenvalue weighted by molar-refractivity contribution is 0.0239. The van der Waals surface area contributed by atoms with Gasteiger partial charge in [-0.15, -0.1) is 0 Å². The van der Waals surface area contributed by atoms with Crippen LogP contribution < -0.4 is 9.47 Å². The third kappa shape index (κ3) is 6.68. The molecule has 0 unspecified atom stereocenters. The van der Waals surface area contributed by atoms with E-state index in [9.17, 15) is 10.2 Å². The van der Waals surface area contributed by atoms with Gasteiger partial charge in [0.1, 0.15) is 36.9 Å². The minimum atomic E-state index is -0.584. The number of piperazine rings is 1. The van der Waals surface area contributed by atoms with Gasteiger partial charge in [-0.25, -0.2) is 0 Å². The molecule has 1 fully saturated rings. The summed E-state index contributed by atoms with van der Waals surface area (Å²) in [7, 11) is 0. The molecule has 0 spiro atoms. The van der Waals surface area contributed by atoms with E-state index < -0.39 is 12.2 Å². The highest BCUT2D eigenvalue weighted by atomic mass is 79.9. The normalized spacial score (nSPS) is 16.5. The van der Waals surface area contributed by atoms with Crippen molar-refractivity contribution in [3.8, 4) is 11.5 Å². The molecule has 0 aliphatic carbocycles. The predicted molar refractivity (Wildman–Crippen MR) is 159 cm³/mol. The Morgan fingerprint density at radius 2 is 1.00 bits per heavy atom. The van der Waals surface area contributed by atoms with Crippen LogP contribution in [0.5, 0.6) is 11.5 Å². The number of halogens is 2. The molecule has 0 aromatic heterocycles. The number of aliphatic hydroxyl groups is 2. The fourth-order valence-electron chi connectivity index (χ4n) is 4.88. The van der Waals surface area contributed by atoms with Crippen LogP contribution in [-0.4, -0.2) is 84.7 Å². The fourth-order valence-corrected chi connectivity index (χ4v) is 6.09. The summed E-state index contributed by atoms with van der Waals surface area (Å²) in [5.74, 6) is 1.47. The Balaban J connectivity index is 1.03. The summed E-state index contributed by atoms with van der Waals surface area (Å²) in [6, 6.07) is 24.2. The lowest BCUT2D eigenvalue weighted by Gasteiger charge is -2.36. The van der Waals surface area contributed by atoms with Gasteiger partial charge in [0, 0.05) is 39.3 Å². The highest BCUT2D eigenvalue weighted by Crippen LogP contribution is 2.34. The van der Waals surface area contributed by atoms with Crippen molar-refractivity contribution in [2.24, 2.45) is 0 Å². The second-order valence-corrected chi connectivity index (χ2v) is 11.3. The van der Waals surface area contributed by atoms with Gasteiger partial charge in [-0.1, -0.05) is 60.7 Å². The topological polar surface area (TPSA) is 65.4 Å². The molecule has 0 amide bonds. The van der Waals surface area contributed by atoms with E-state index in [1.54, 1.807) is 0 Å². The Bertz CT molecular complexity index is 1270. The molecule has 1 aliphatic heterocycles. The maximum atomic E-state index is 10.6. The Morgan fingerprint density at radius 1 is 0.605 bits per heavy atom. The number of nitrogens with zero attached hydrogens (tertiary/aromatic N) is 2. The van der Waals surface area contributed by atoms with E-state index in [0.29, 0.717) is 13.1 Å². The largest absolute Gasteiger partial charge is 0.490 e. The van der Waals surface area contributed by atoms with E-state index in [-0.39, 0.29) is 13.2 Å². The number of benzene rings is 4. The summed E-state index contributed by atoms with van der Waals surface area (Å²) >= 11 is 7.28. The highest BCUT2D eigenvalue weighted by molar-refractivity contribution is 9.11. The van der Waals surface area contributed by atoms with Crippen LogP contribution in [0, 0.1) is 0 Å². The molecule has 5 rings (SSSR count). The van der Waals surface area contributed by atoms with Crippen LogP contribution >= 0.6 is 31.9 Å². The first kappa shape index (κ1) is 27.4. The third-order valence-electron chi connectivity index (χ3n) is 6.92. The van der Waals surface area contributed by atoms with Crippen LogP contribution in [0.3, 0.4) is 0 Å². The lowest BCUT2D eigenvalue weighted by Crippen LogP contribution is -2.51. The van der Waals surface area contributed by atoms with Crippen LogP contribution in [0.2, 0.25) is 0 Å². The Kier molecular flexibility index (Phi) is 9.20. The number of rotatable bonds is 10. The van der Waals surface area contributed by atoms with E-state index in [4.69, 9.17) is 9.47 Å². The number of hydrogen-bond acceptors (Lipinski definition) is 6. The molecule has 38 heavy (non-hydrogen) atoms. The highest BCUT2D eigenvalue weighted by Gasteiger charge is 2.22. The molecule has 4 aromatic carbocycles. The first-order valence-corrected chi connectivity index (χ1v) is 14.5. The molecule has 1 heterocycles. The SMILES string of the molecule is O[C@H](COc1ccc2ccccc2c1Br)CN1CCN(C[C@@H](O)COc2ccc3ccccc3c2Br)CC1. The molecule has 2 N–H and O–H groups in total. The summed E-state index contributed by atoms with van der Waals surface area (Å²) in [5.41, 5.74) is 0. The van der Waals surface area contributed by atoms with Crippen molar-refractivity contribution in [2.45, 2.75) is 12.2 Å². The number of ether oxygens (including phenoxy) is 2. The van der Waals surface area contributed by atoms with Gasteiger partial charge in [0.2, 0.25) is 0 Å². The van der Waals surface area contributed by atoms with Gasteiger partial charge in [0.05, 0.1) is 8.95 Å². The van der Waals surface area contributed by atoms with Crippen LogP contribution in [0.1, 0.15) is 0 Å². The van der Waals surface area contributed by atoms with Gasteiger partial charge < -0.3 is 19.7 Å². The second-order valence-electron chi connectivity index (χ2n) is 9.73. The zero-order valence-corrected chi connectivity index (χ0v) is 24.3. The molecule has 4 aromatic rings. The summed E-state index contributed by atoms with van der Waals surface area (Å²) in [6.45, 7) is 4.92. The molecular formula is C30H32Br2N2O4. The zero-order valence-electron chi connectivity index (χ0n) is 21.1. The van der Waals surface area contributed by atoms with Crippen molar-refractivity contribution in [3.63, 3.8) is 0 Å². The van der Waals surface area contributed by atoms with Gasteiger partial charge in [0.15, 0.2) is 0 Å². The Morgan fingerprint density at radius 3 is 1.42 bits per heavy atom. The minimum absolute atomic E-state index is 0.234. The Hall–Kier alpha value is -2.20. The molecule has 200 valence electrons. The first-order chi connectivity index (χ1) is 18.5. The molecule has 0 bridgehead atoms. The van der Waals surface area contributed by atoms with E-state index in [0.717, 1.165) is 68.2 Å². The summed E-state index contributed by atoms with van der Waals surface area (Å²) < 4.78 is 13.7. The fraction of sp³-hybridized carbons (Fsp3) is 0.333. The van der Waals surface area contributed by atoms with Crippen LogP contribution in [0.4, 0.5) is 0 Å². The van der Waals surface area contributed by atoms with Crippen LogP contribution in [0.25, 0.3) is 21.5 Å². The van der Waals surface area contributed by atoms with Crippen molar-refractivity contribution in [1.82, 2.24) is 9.80 Å². The summed E-state index contributed by atoms with van der Waals surface area (Å²) in [4.78, 5) is 4.49. The quantitative estimate of drug-likeness (QED) is 0.244. The zero-order chi connectivity index (χ0) is 26.5.